The van der Waals surface area contributed by atoms with Crippen molar-refractivity contribution in [2.45, 2.75) is 18.8 Å². The van der Waals surface area contributed by atoms with Gasteiger partial charge in [0.1, 0.15) is 11.6 Å². The van der Waals surface area contributed by atoms with Gasteiger partial charge in [-0.1, -0.05) is 31.2 Å². The van der Waals surface area contributed by atoms with Gasteiger partial charge in [-0.05, 0) is 41.8 Å². The molecule has 2 rings (SSSR count). The van der Waals surface area contributed by atoms with Crippen LogP contribution >= 0.6 is 0 Å². The first-order chi connectivity index (χ1) is 9.57. The highest BCUT2D eigenvalue weighted by Crippen LogP contribution is 2.29. The van der Waals surface area contributed by atoms with Crippen LogP contribution in [0.3, 0.4) is 0 Å². The third-order valence-corrected chi connectivity index (χ3v) is 3.60. The quantitative estimate of drug-likeness (QED) is 0.906. The summed E-state index contributed by atoms with van der Waals surface area (Å²) < 4.78 is 18.6. The van der Waals surface area contributed by atoms with E-state index in [2.05, 4.69) is 0 Å². The van der Waals surface area contributed by atoms with Gasteiger partial charge in [-0.25, -0.2) is 4.39 Å². The van der Waals surface area contributed by atoms with Crippen LogP contribution < -0.4 is 4.74 Å². The molecule has 2 nitrogen and oxygen atoms in total. The van der Waals surface area contributed by atoms with Gasteiger partial charge in [-0.2, -0.15) is 0 Å². The summed E-state index contributed by atoms with van der Waals surface area (Å²) in [6.45, 7) is 1.88. The molecule has 3 heteroatoms. The summed E-state index contributed by atoms with van der Waals surface area (Å²) >= 11 is 0. The normalized spacial score (nSPS) is 13.8. The van der Waals surface area contributed by atoms with E-state index in [1.165, 1.54) is 12.1 Å². The number of benzene rings is 2. The van der Waals surface area contributed by atoms with Crippen LogP contribution in [-0.4, -0.2) is 18.8 Å². The van der Waals surface area contributed by atoms with Crippen molar-refractivity contribution in [2.24, 2.45) is 0 Å². The van der Waals surface area contributed by atoms with Crippen molar-refractivity contribution >= 4 is 0 Å². The average molecular weight is 274 g/mol. The molecule has 0 amide bonds. The van der Waals surface area contributed by atoms with E-state index in [0.717, 1.165) is 16.9 Å². The molecule has 0 saturated heterocycles. The molecule has 0 bridgehead atoms. The second-order valence-electron chi connectivity index (χ2n) is 5.26. The summed E-state index contributed by atoms with van der Waals surface area (Å²) in [6, 6.07) is 14.1. The number of methoxy groups -OCH3 is 1. The van der Waals surface area contributed by atoms with E-state index in [1.807, 2.05) is 37.3 Å². The van der Waals surface area contributed by atoms with E-state index in [9.17, 15) is 9.50 Å². The zero-order chi connectivity index (χ0) is 14.6. The lowest BCUT2D eigenvalue weighted by molar-refractivity contribution is 0.204. The maximum absolute atomic E-state index is 13.4. The molecule has 0 heterocycles. The van der Waals surface area contributed by atoms with Gasteiger partial charge >= 0.3 is 0 Å². The van der Waals surface area contributed by atoms with Gasteiger partial charge < -0.3 is 9.84 Å². The molecule has 0 aliphatic rings. The zero-order valence-electron chi connectivity index (χ0n) is 11.8. The Labute approximate surface area is 118 Å². The third-order valence-electron chi connectivity index (χ3n) is 3.60. The van der Waals surface area contributed by atoms with Gasteiger partial charge in [0.25, 0.3) is 0 Å². The highest BCUT2D eigenvalue weighted by Gasteiger charge is 2.26. The van der Waals surface area contributed by atoms with Crippen LogP contribution in [0.15, 0.2) is 48.5 Å². The molecule has 0 aliphatic heterocycles. The number of rotatable bonds is 5. The van der Waals surface area contributed by atoms with E-state index < -0.39 is 5.41 Å². The van der Waals surface area contributed by atoms with Crippen molar-refractivity contribution in [3.63, 3.8) is 0 Å². The number of aliphatic hydroxyl groups excluding tert-OH is 1. The molecule has 2 aromatic rings. The number of hydrogen-bond acceptors (Lipinski definition) is 2. The standard InChI is InChI=1S/C17H19FO2/c1-17(12-19,14-6-4-7-15(18)10-14)11-13-5-3-8-16(9-13)20-2/h3-10,19H,11-12H2,1-2H3. The van der Waals surface area contributed by atoms with Gasteiger partial charge in [0.2, 0.25) is 0 Å². The van der Waals surface area contributed by atoms with Crippen LogP contribution in [0.2, 0.25) is 0 Å². The Balaban J connectivity index is 2.31. The molecule has 0 aromatic heterocycles. The maximum Gasteiger partial charge on any atom is 0.123 e. The lowest BCUT2D eigenvalue weighted by atomic mass is 9.78. The van der Waals surface area contributed by atoms with Crippen LogP contribution in [-0.2, 0) is 11.8 Å². The summed E-state index contributed by atoms with van der Waals surface area (Å²) in [6.07, 6.45) is 0.615. The minimum atomic E-state index is -0.519. The number of hydrogen-bond donors (Lipinski definition) is 1. The predicted molar refractivity (Wildman–Crippen MR) is 77.5 cm³/mol. The van der Waals surface area contributed by atoms with Crippen molar-refractivity contribution in [1.29, 1.82) is 0 Å². The first-order valence-corrected chi connectivity index (χ1v) is 6.57. The highest BCUT2D eigenvalue weighted by atomic mass is 19.1. The fourth-order valence-corrected chi connectivity index (χ4v) is 2.35. The third kappa shape index (κ3) is 3.17. The summed E-state index contributed by atoms with van der Waals surface area (Å²) in [5.41, 5.74) is 1.32. The Bertz CT molecular complexity index is 583. The molecule has 0 aliphatic carbocycles. The second kappa shape index (κ2) is 6.06. The first-order valence-electron chi connectivity index (χ1n) is 6.57. The van der Waals surface area contributed by atoms with Gasteiger partial charge in [0, 0.05) is 5.41 Å². The molecular formula is C17H19FO2. The van der Waals surface area contributed by atoms with E-state index in [4.69, 9.17) is 4.74 Å². The molecule has 0 radical (unpaired) electrons. The Morgan fingerprint density at radius 3 is 2.55 bits per heavy atom. The van der Waals surface area contributed by atoms with Gasteiger partial charge in [-0.15, -0.1) is 0 Å². The van der Waals surface area contributed by atoms with Gasteiger partial charge in [0.15, 0.2) is 0 Å². The minimum Gasteiger partial charge on any atom is -0.497 e. The fourth-order valence-electron chi connectivity index (χ4n) is 2.35. The van der Waals surface area contributed by atoms with Crippen LogP contribution in [0, 0.1) is 5.82 Å². The monoisotopic (exact) mass is 274 g/mol. The molecule has 106 valence electrons. The Kier molecular flexibility index (Phi) is 4.40. The summed E-state index contributed by atoms with van der Waals surface area (Å²) in [5.74, 6) is 0.495. The highest BCUT2D eigenvalue weighted by molar-refractivity contribution is 5.33. The van der Waals surface area contributed by atoms with Crippen molar-refractivity contribution < 1.29 is 14.2 Å². The van der Waals surface area contributed by atoms with E-state index in [-0.39, 0.29) is 12.4 Å². The average Bonchev–Trinajstić information content (AvgIpc) is 2.47. The molecule has 1 unspecified atom stereocenters. The maximum atomic E-state index is 13.4. The molecule has 0 saturated carbocycles. The van der Waals surface area contributed by atoms with Crippen LogP contribution in [0.4, 0.5) is 4.39 Å². The molecule has 2 aromatic carbocycles. The topological polar surface area (TPSA) is 29.5 Å². The second-order valence-corrected chi connectivity index (χ2v) is 5.26. The number of halogens is 1. The Morgan fingerprint density at radius 1 is 1.15 bits per heavy atom. The van der Waals surface area contributed by atoms with Crippen LogP contribution in [0.1, 0.15) is 18.1 Å². The molecule has 0 fully saturated rings. The molecule has 1 atom stereocenters. The zero-order valence-corrected chi connectivity index (χ0v) is 11.8. The van der Waals surface area contributed by atoms with Crippen molar-refractivity contribution in [3.05, 3.63) is 65.5 Å². The van der Waals surface area contributed by atoms with Crippen molar-refractivity contribution in [3.8, 4) is 5.75 Å². The molecular weight excluding hydrogens is 255 g/mol. The summed E-state index contributed by atoms with van der Waals surface area (Å²) in [7, 11) is 1.62. The number of aliphatic hydroxyl groups is 1. The van der Waals surface area contributed by atoms with Gasteiger partial charge in [-0.3, -0.25) is 0 Å². The number of ether oxygens (including phenoxy) is 1. The fraction of sp³-hybridized carbons (Fsp3) is 0.294. The lowest BCUT2D eigenvalue weighted by Gasteiger charge is -2.28. The molecule has 0 spiro atoms. The van der Waals surface area contributed by atoms with Crippen LogP contribution in [0.25, 0.3) is 0 Å². The van der Waals surface area contributed by atoms with Crippen molar-refractivity contribution in [2.75, 3.05) is 13.7 Å². The largest absolute Gasteiger partial charge is 0.497 e. The molecule has 1 N–H and O–H groups in total. The van der Waals surface area contributed by atoms with E-state index in [1.54, 1.807) is 13.2 Å². The summed E-state index contributed by atoms with van der Waals surface area (Å²) in [5, 5.41) is 9.76. The van der Waals surface area contributed by atoms with Crippen molar-refractivity contribution in [1.82, 2.24) is 0 Å². The van der Waals surface area contributed by atoms with E-state index >= 15 is 0 Å². The Morgan fingerprint density at radius 2 is 1.90 bits per heavy atom. The Hall–Kier alpha value is -1.87. The lowest BCUT2D eigenvalue weighted by Crippen LogP contribution is -2.29. The van der Waals surface area contributed by atoms with Gasteiger partial charge in [0.05, 0.1) is 13.7 Å². The minimum absolute atomic E-state index is 0.0480. The molecule has 20 heavy (non-hydrogen) atoms. The SMILES string of the molecule is COc1cccc(CC(C)(CO)c2cccc(F)c2)c1. The van der Waals surface area contributed by atoms with Crippen LogP contribution in [0.5, 0.6) is 5.75 Å². The summed E-state index contributed by atoms with van der Waals surface area (Å²) in [4.78, 5) is 0. The smallest absolute Gasteiger partial charge is 0.123 e. The first kappa shape index (κ1) is 14.5. The van der Waals surface area contributed by atoms with E-state index in [0.29, 0.717) is 6.42 Å². The predicted octanol–water partition coefficient (Wildman–Crippen LogP) is 3.33.